The minimum absolute atomic E-state index is 0.127. The van der Waals surface area contributed by atoms with Gasteiger partial charge in [0.1, 0.15) is 11.9 Å². The molecule has 1 amide bonds. The van der Waals surface area contributed by atoms with Gasteiger partial charge >= 0.3 is 5.97 Å². The number of piperidine rings is 1. The second-order valence-electron chi connectivity index (χ2n) is 10.7. The van der Waals surface area contributed by atoms with Crippen molar-refractivity contribution in [1.82, 2.24) is 9.80 Å². The summed E-state index contributed by atoms with van der Waals surface area (Å²) in [7, 11) is 5.64. The largest absolute Gasteiger partial charge is 0.493 e. The summed E-state index contributed by atoms with van der Waals surface area (Å²) in [6.45, 7) is 2.37. The molecule has 2 bridgehead atoms. The molecule has 5 atom stereocenters. The molecule has 7 nitrogen and oxygen atoms in total. The third-order valence-electron chi connectivity index (χ3n) is 9.02. The molecule has 1 saturated heterocycles. The quantitative estimate of drug-likeness (QED) is 0.367. The summed E-state index contributed by atoms with van der Waals surface area (Å²) in [5.41, 5.74) is 2.71. The lowest BCUT2D eigenvalue weighted by molar-refractivity contribution is -0.134. The average molecular weight is 501 g/mol. The smallest absolute Gasteiger partial charge is 0.308 e. The molecule has 7 heteroatoms. The summed E-state index contributed by atoms with van der Waals surface area (Å²) in [5.74, 6) is 7.55. The van der Waals surface area contributed by atoms with Crippen molar-refractivity contribution in [1.29, 1.82) is 0 Å². The second kappa shape index (κ2) is 8.81. The van der Waals surface area contributed by atoms with E-state index in [1.807, 2.05) is 37.4 Å². The Kier molecular flexibility index (Phi) is 5.68. The number of rotatable bonds is 3. The minimum atomic E-state index is -0.351. The van der Waals surface area contributed by atoms with Crippen molar-refractivity contribution in [3.8, 4) is 29.1 Å². The van der Waals surface area contributed by atoms with E-state index in [4.69, 9.17) is 14.2 Å². The van der Waals surface area contributed by atoms with Crippen LogP contribution in [-0.4, -0.2) is 67.6 Å². The van der Waals surface area contributed by atoms with Crippen LogP contribution in [0.2, 0.25) is 0 Å². The van der Waals surface area contributed by atoms with Crippen molar-refractivity contribution in [2.45, 2.75) is 56.2 Å². The van der Waals surface area contributed by atoms with Gasteiger partial charge in [-0.15, -0.1) is 0 Å². The topological polar surface area (TPSA) is 68.3 Å². The SMILES string of the molecule is COc1cc(OC(C)=O)c2c3c1O[C@H]1[C@@H](N(C)C(=O)C#Cc4ccccc4)CC[C@H]4[C@@H](C2)N(C)CC[C@@]341. The molecule has 0 radical (unpaired) electrons. The molecular formula is C30H32N2O5. The number of benzene rings is 2. The van der Waals surface area contributed by atoms with E-state index in [0.717, 1.165) is 54.7 Å². The number of amides is 1. The molecule has 2 aromatic rings. The summed E-state index contributed by atoms with van der Waals surface area (Å²) in [6.07, 6.45) is 3.33. The number of carbonyl (C=O) groups excluding carboxylic acids is 2. The molecule has 37 heavy (non-hydrogen) atoms. The van der Waals surface area contributed by atoms with E-state index in [1.54, 1.807) is 18.1 Å². The summed E-state index contributed by atoms with van der Waals surface area (Å²) in [4.78, 5) is 29.5. The molecule has 6 rings (SSSR count). The molecule has 4 aliphatic rings. The zero-order valence-electron chi connectivity index (χ0n) is 21.7. The van der Waals surface area contributed by atoms with Crippen LogP contribution in [0.5, 0.6) is 17.2 Å². The van der Waals surface area contributed by atoms with E-state index in [9.17, 15) is 9.59 Å². The van der Waals surface area contributed by atoms with Gasteiger partial charge in [-0.1, -0.05) is 24.1 Å². The molecule has 0 unspecified atom stereocenters. The first-order chi connectivity index (χ1) is 17.8. The maximum Gasteiger partial charge on any atom is 0.308 e. The predicted molar refractivity (Wildman–Crippen MR) is 138 cm³/mol. The predicted octanol–water partition coefficient (Wildman–Crippen LogP) is 3.17. The van der Waals surface area contributed by atoms with E-state index in [2.05, 4.69) is 23.8 Å². The van der Waals surface area contributed by atoms with Gasteiger partial charge in [0.25, 0.3) is 5.91 Å². The highest BCUT2D eigenvalue weighted by Crippen LogP contribution is 2.65. The fraction of sp³-hybridized carbons (Fsp3) is 0.467. The monoisotopic (exact) mass is 500 g/mol. The molecule has 2 fully saturated rings. The van der Waals surface area contributed by atoms with Crippen LogP contribution in [0.4, 0.5) is 0 Å². The molecule has 2 aliphatic carbocycles. The van der Waals surface area contributed by atoms with Crippen LogP contribution in [0.15, 0.2) is 36.4 Å². The number of hydrogen-bond acceptors (Lipinski definition) is 6. The van der Waals surface area contributed by atoms with Gasteiger partial charge in [0.05, 0.1) is 13.2 Å². The highest BCUT2D eigenvalue weighted by molar-refractivity contribution is 5.94. The Bertz CT molecular complexity index is 1330. The van der Waals surface area contributed by atoms with Gasteiger partial charge < -0.3 is 24.0 Å². The highest BCUT2D eigenvalue weighted by atomic mass is 16.5. The normalized spacial score (nSPS) is 28.8. The molecule has 1 spiro atoms. The van der Waals surface area contributed by atoms with E-state index < -0.39 is 0 Å². The van der Waals surface area contributed by atoms with Gasteiger partial charge in [-0.05, 0) is 57.3 Å². The number of methoxy groups -OCH3 is 1. The Hall–Kier alpha value is -3.50. The molecule has 0 aromatic heterocycles. The Morgan fingerprint density at radius 2 is 1.97 bits per heavy atom. The van der Waals surface area contributed by atoms with E-state index in [0.29, 0.717) is 23.5 Å². The average Bonchev–Trinajstić information content (AvgIpc) is 3.24. The van der Waals surface area contributed by atoms with Crippen molar-refractivity contribution in [2.24, 2.45) is 5.92 Å². The molecule has 2 aromatic carbocycles. The number of likely N-dealkylation sites (tertiary alicyclic amines) is 1. The fourth-order valence-electron chi connectivity index (χ4n) is 7.43. The van der Waals surface area contributed by atoms with Crippen LogP contribution >= 0.6 is 0 Å². The second-order valence-corrected chi connectivity index (χ2v) is 10.7. The molecule has 0 N–H and O–H groups in total. The lowest BCUT2D eigenvalue weighted by Crippen LogP contribution is -2.68. The van der Waals surface area contributed by atoms with E-state index in [1.165, 1.54) is 6.92 Å². The van der Waals surface area contributed by atoms with Crippen molar-refractivity contribution in [2.75, 3.05) is 27.7 Å². The first-order valence-electron chi connectivity index (χ1n) is 13.0. The van der Waals surface area contributed by atoms with Crippen LogP contribution in [-0.2, 0) is 21.4 Å². The zero-order chi connectivity index (χ0) is 25.9. The highest BCUT2D eigenvalue weighted by Gasteiger charge is 2.66. The molecular weight excluding hydrogens is 468 g/mol. The van der Waals surface area contributed by atoms with Crippen LogP contribution in [0.1, 0.15) is 42.9 Å². The summed E-state index contributed by atoms with van der Waals surface area (Å²) in [6, 6.07) is 11.5. The Morgan fingerprint density at radius 1 is 1.19 bits per heavy atom. The molecule has 2 aliphatic heterocycles. The van der Waals surface area contributed by atoms with E-state index >= 15 is 0 Å². The lowest BCUT2D eigenvalue weighted by Gasteiger charge is -2.59. The number of ether oxygens (including phenoxy) is 3. The standard InChI is InChI=1S/C30H32N2O5/c1-18(33)36-24-17-25(35-4)28-27-20(24)16-23-21-11-12-22(29(37-28)30(21,27)14-15-31(23)2)32(3)26(34)13-10-19-8-6-5-7-9-19/h5-9,17,21-23,29H,11-12,14-16H2,1-4H3/t21-,22-,23+,29-,30-/m0/s1. The maximum absolute atomic E-state index is 13.3. The Labute approximate surface area is 217 Å². The third kappa shape index (κ3) is 3.53. The van der Waals surface area contributed by atoms with Gasteiger partial charge in [0, 0.05) is 54.1 Å². The minimum Gasteiger partial charge on any atom is -0.493 e. The number of likely N-dealkylation sites (N-methyl/N-ethyl adjacent to an activating group) is 2. The van der Waals surface area contributed by atoms with Crippen molar-refractivity contribution in [3.05, 3.63) is 53.1 Å². The first-order valence-corrected chi connectivity index (χ1v) is 13.0. The first kappa shape index (κ1) is 23.9. The van der Waals surface area contributed by atoms with Gasteiger partial charge in [0.15, 0.2) is 11.5 Å². The summed E-state index contributed by atoms with van der Waals surface area (Å²) >= 11 is 0. The Balaban J connectivity index is 1.43. The number of hydrogen-bond donors (Lipinski definition) is 0. The van der Waals surface area contributed by atoms with Gasteiger partial charge in [0.2, 0.25) is 0 Å². The van der Waals surface area contributed by atoms with Crippen LogP contribution in [0.3, 0.4) is 0 Å². The van der Waals surface area contributed by atoms with Crippen molar-refractivity contribution < 1.29 is 23.8 Å². The van der Waals surface area contributed by atoms with E-state index in [-0.39, 0.29) is 29.4 Å². The molecule has 1 saturated carbocycles. The number of carbonyl (C=O) groups is 2. The van der Waals surface area contributed by atoms with Crippen LogP contribution in [0.25, 0.3) is 0 Å². The van der Waals surface area contributed by atoms with Crippen molar-refractivity contribution >= 4 is 11.9 Å². The molecule has 2 heterocycles. The zero-order valence-corrected chi connectivity index (χ0v) is 21.7. The van der Waals surface area contributed by atoms with Crippen LogP contribution < -0.4 is 14.2 Å². The van der Waals surface area contributed by atoms with Gasteiger partial charge in [-0.3, -0.25) is 9.59 Å². The fourth-order valence-corrected chi connectivity index (χ4v) is 7.43. The van der Waals surface area contributed by atoms with Gasteiger partial charge in [-0.2, -0.15) is 0 Å². The molecule has 192 valence electrons. The van der Waals surface area contributed by atoms with Gasteiger partial charge in [-0.25, -0.2) is 0 Å². The maximum atomic E-state index is 13.3. The van der Waals surface area contributed by atoms with Crippen LogP contribution in [0, 0.1) is 17.8 Å². The third-order valence-corrected chi connectivity index (χ3v) is 9.02. The lowest BCUT2D eigenvalue weighted by atomic mass is 9.51. The number of esters is 1. The summed E-state index contributed by atoms with van der Waals surface area (Å²) < 4.78 is 18.3. The van der Waals surface area contributed by atoms with Crippen molar-refractivity contribution in [3.63, 3.8) is 0 Å². The summed E-state index contributed by atoms with van der Waals surface area (Å²) in [5, 5.41) is 0. The number of nitrogens with zero attached hydrogens (tertiary/aromatic N) is 2. The Morgan fingerprint density at radius 3 is 2.70 bits per heavy atom.